The Kier molecular flexibility index (Phi) is 5.69. The molecule has 0 bridgehead atoms. The van der Waals surface area contributed by atoms with E-state index >= 15 is 0 Å². The number of carbonyl (C=O) groups is 2. The highest BCUT2D eigenvalue weighted by Gasteiger charge is 2.58. The van der Waals surface area contributed by atoms with Crippen molar-refractivity contribution in [3.63, 3.8) is 0 Å². The number of nitrogens with zero attached hydrogens (tertiary/aromatic N) is 2. The minimum atomic E-state index is -1.35. The normalized spacial score (nSPS) is 18.5. The second-order valence-corrected chi connectivity index (χ2v) is 9.55. The molecule has 2 aliphatic rings. The maximum absolute atomic E-state index is 13.9. The summed E-state index contributed by atoms with van der Waals surface area (Å²) in [6.07, 6.45) is 0. The van der Waals surface area contributed by atoms with Gasteiger partial charge in [0.1, 0.15) is 0 Å². The van der Waals surface area contributed by atoms with Crippen LogP contribution in [0.3, 0.4) is 0 Å². The van der Waals surface area contributed by atoms with Crippen LogP contribution in [-0.2, 0) is 12.1 Å². The first-order valence-corrected chi connectivity index (χ1v) is 11.8. The van der Waals surface area contributed by atoms with Crippen molar-refractivity contribution >= 4 is 23.2 Å². The van der Waals surface area contributed by atoms with E-state index in [9.17, 15) is 9.59 Å². The zero-order valence-corrected chi connectivity index (χ0v) is 19.7. The summed E-state index contributed by atoms with van der Waals surface area (Å²) in [5, 5.41) is 0.525. The Balaban J connectivity index is 1.46. The van der Waals surface area contributed by atoms with Crippen molar-refractivity contribution in [1.29, 1.82) is 0 Å². The van der Waals surface area contributed by atoms with Gasteiger partial charge in [0.25, 0.3) is 0 Å². The molecule has 0 N–H and O–H groups in total. The highest BCUT2D eigenvalue weighted by molar-refractivity contribution is 6.34. The number of benzene rings is 3. The molecule has 5 rings (SSSR count). The van der Waals surface area contributed by atoms with Crippen LogP contribution < -0.4 is 0 Å². The molecule has 0 amide bonds. The van der Waals surface area contributed by atoms with E-state index in [1.165, 1.54) is 16.7 Å². The number of aryl methyl sites for hydroxylation is 2. The van der Waals surface area contributed by atoms with Gasteiger partial charge in [0.15, 0.2) is 17.1 Å². The fraction of sp³-hybridized carbons (Fsp3) is 0.286. The van der Waals surface area contributed by atoms with Gasteiger partial charge < -0.3 is 0 Å². The third-order valence-electron chi connectivity index (χ3n) is 7.05. The van der Waals surface area contributed by atoms with Crippen LogP contribution in [0.4, 0.5) is 0 Å². The van der Waals surface area contributed by atoms with Gasteiger partial charge in [0.05, 0.1) is 0 Å². The minimum Gasteiger partial charge on any atom is -0.297 e. The number of ketones is 2. The number of Topliss-reactive ketones (excluding diaryl/α,β-unsaturated/α-hetero) is 2. The molecular weight excluding hydrogens is 432 g/mol. The summed E-state index contributed by atoms with van der Waals surface area (Å²) in [4.78, 5) is 32.2. The molecule has 1 saturated heterocycles. The predicted octanol–water partition coefficient (Wildman–Crippen LogP) is 5.05. The zero-order chi connectivity index (χ0) is 23.2. The van der Waals surface area contributed by atoms with Gasteiger partial charge in [0.2, 0.25) is 0 Å². The molecule has 1 heterocycles. The molecular formula is C28H27ClN2O2. The number of hydrogen-bond acceptors (Lipinski definition) is 4. The van der Waals surface area contributed by atoms with Crippen LogP contribution in [0.25, 0.3) is 0 Å². The minimum absolute atomic E-state index is 0.145. The third-order valence-corrected chi connectivity index (χ3v) is 7.29. The van der Waals surface area contributed by atoms with Crippen LogP contribution in [0.2, 0.25) is 5.02 Å². The predicted molar refractivity (Wildman–Crippen MR) is 131 cm³/mol. The number of carbonyl (C=O) groups excluding carboxylic acids is 2. The van der Waals surface area contributed by atoms with E-state index in [1.807, 2.05) is 24.3 Å². The lowest BCUT2D eigenvalue weighted by atomic mass is 9.82. The molecule has 0 spiro atoms. The van der Waals surface area contributed by atoms with Crippen molar-refractivity contribution < 1.29 is 9.59 Å². The number of rotatable bonds is 4. The van der Waals surface area contributed by atoms with E-state index in [0.29, 0.717) is 34.8 Å². The molecule has 5 heteroatoms. The van der Waals surface area contributed by atoms with Gasteiger partial charge in [0, 0.05) is 48.9 Å². The Bertz CT molecular complexity index is 1210. The molecule has 0 radical (unpaired) electrons. The molecule has 3 aromatic rings. The lowest BCUT2D eigenvalue weighted by Crippen LogP contribution is -2.60. The summed E-state index contributed by atoms with van der Waals surface area (Å²) in [7, 11) is 0. The summed E-state index contributed by atoms with van der Waals surface area (Å²) in [6.45, 7) is 7.95. The Morgan fingerprint density at radius 1 is 0.818 bits per heavy atom. The summed E-state index contributed by atoms with van der Waals surface area (Å²) in [5.41, 5.74) is 4.19. The summed E-state index contributed by atoms with van der Waals surface area (Å²) in [6, 6.07) is 21.0. The van der Waals surface area contributed by atoms with Crippen molar-refractivity contribution in [2.75, 3.05) is 26.2 Å². The molecule has 0 unspecified atom stereocenters. The average Bonchev–Trinajstić information content (AvgIpc) is 3.04. The largest absolute Gasteiger partial charge is 0.297 e. The topological polar surface area (TPSA) is 40.6 Å². The fourth-order valence-corrected chi connectivity index (χ4v) is 5.51. The molecule has 1 fully saturated rings. The van der Waals surface area contributed by atoms with Gasteiger partial charge in [-0.3, -0.25) is 19.4 Å². The smallest absolute Gasteiger partial charge is 0.196 e. The molecule has 3 aromatic carbocycles. The summed E-state index contributed by atoms with van der Waals surface area (Å²) >= 11 is 6.32. The molecule has 0 saturated carbocycles. The first kappa shape index (κ1) is 22.0. The Morgan fingerprint density at radius 3 is 2.09 bits per heavy atom. The number of piperazine rings is 1. The molecule has 0 aromatic heterocycles. The molecule has 0 atom stereocenters. The van der Waals surface area contributed by atoms with E-state index in [4.69, 9.17) is 11.6 Å². The second-order valence-electron chi connectivity index (χ2n) is 9.12. The van der Waals surface area contributed by atoms with Gasteiger partial charge in [-0.25, -0.2) is 0 Å². The van der Waals surface area contributed by atoms with Crippen molar-refractivity contribution in [1.82, 2.24) is 9.80 Å². The van der Waals surface area contributed by atoms with Crippen LogP contribution in [0.1, 0.15) is 43.0 Å². The molecule has 1 aliphatic heterocycles. The van der Waals surface area contributed by atoms with Crippen LogP contribution in [0, 0.1) is 13.8 Å². The Hall–Kier alpha value is -2.79. The number of hydrogen-bond donors (Lipinski definition) is 0. The maximum Gasteiger partial charge on any atom is 0.196 e. The van der Waals surface area contributed by atoms with Crippen molar-refractivity contribution in [3.05, 3.63) is 105 Å². The Morgan fingerprint density at radius 2 is 1.48 bits per heavy atom. The summed E-state index contributed by atoms with van der Waals surface area (Å²) in [5.74, 6) is -0.290. The fourth-order valence-electron chi connectivity index (χ4n) is 5.32. The van der Waals surface area contributed by atoms with E-state index in [-0.39, 0.29) is 11.6 Å². The highest BCUT2D eigenvalue weighted by Crippen LogP contribution is 2.43. The number of halogens is 1. The summed E-state index contributed by atoms with van der Waals surface area (Å²) < 4.78 is 0. The van der Waals surface area contributed by atoms with E-state index in [1.54, 1.807) is 24.3 Å². The monoisotopic (exact) mass is 458 g/mol. The highest BCUT2D eigenvalue weighted by atomic mass is 35.5. The van der Waals surface area contributed by atoms with Crippen molar-refractivity contribution in [2.45, 2.75) is 25.9 Å². The molecule has 4 nitrogen and oxygen atoms in total. The maximum atomic E-state index is 13.9. The average molecular weight is 459 g/mol. The molecule has 168 valence electrons. The van der Waals surface area contributed by atoms with E-state index in [2.05, 4.69) is 41.8 Å². The first-order valence-electron chi connectivity index (χ1n) is 11.4. The van der Waals surface area contributed by atoms with E-state index < -0.39 is 5.54 Å². The van der Waals surface area contributed by atoms with Crippen molar-refractivity contribution in [2.24, 2.45) is 0 Å². The van der Waals surface area contributed by atoms with Crippen LogP contribution in [0.15, 0.2) is 66.7 Å². The Labute approximate surface area is 199 Å². The molecule has 1 aliphatic carbocycles. The van der Waals surface area contributed by atoms with Gasteiger partial charge >= 0.3 is 0 Å². The van der Waals surface area contributed by atoms with Crippen LogP contribution in [0.5, 0.6) is 0 Å². The first-order chi connectivity index (χ1) is 15.9. The van der Waals surface area contributed by atoms with Gasteiger partial charge in [-0.2, -0.15) is 0 Å². The van der Waals surface area contributed by atoms with Gasteiger partial charge in [-0.05, 0) is 42.7 Å². The van der Waals surface area contributed by atoms with Crippen LogP contribution in [-0.4, -0.2) is 47.5 Å². The van der Waals surface area contributed by atoms with Crippen molar-refractivity contribution in [3.8, 4) is 0 Å². The van der Waals surface area contributed by atoms with Gasteiger partial charge in [-0.1, -0.05) is 71.8 Å². The third kappa shape index (κ3) is 3.63. The second kappa shape index (κ2) is 8.53. The lowest BCUT2D eigenvalue weighted by molar-refractivity contribution is 0.0279. The lowest BCUT2D eigenvalue weighted by Gasteiger charge is -2.44. The van der Waals surface area contributed by atoms with Crippen LogP contribution >= 0.6 is 11.6 Å². The SMILES string of the molecule is Cc1ccc(CN2CCN(C3(c4cccc(Cl)c4)C(=O)c4ccccc4C3=O)CC2)c(C)c1. The quantitative estimate of drug-likeness (QED) is 0.513. The standard InChI is InChI=1S/C28H27ClN2O2/c1-19-10-11-21(20(2)16-19)18-30-12-14-31(15-13-30)28(22-6-5-7-23(29)17-22)26(32)24-8-3-4-9-25(24)27(28)33/h3-11,16-17H,12-15,18H2,1-2H3. The van der Waals surface area contributed by atoms with E-state index in [0.717, 1.165) is 19.6 Å². The number of fused-ring (bicyclic) bond motifs is 1. The zero-order valence-electron chi connectivity index (χ0n) is 19.0. The molecule has 33 heavy (non-hydrogen) atoms. The van der Waals surface area contributed by atoms with Gasteiger partial charge in [-0.15, -0.1) is 0 Å².